The van der Waals surface area contributed by atoms with E-state index < -0.39 is 97.5 Å². The van der Waals surface area contributed by atoms with Gasteiger partial charge in [0.15, 0.2) is 12.2 Å². The van der Waals surface area contributed by atoms with E-state index in [-0.39, 0.29) is 25.7 Å². The summed E-state index contributed by atoms with van der Waals surface area (Å²) in [7, 11) is -9.91. The summed E-state index contributed by atoms with van der Waals surface area (Å²) in [6, 6.07) is 0. The van der Waals surface area contributed by atoms with Crippen LogP contribution in [0, 0.1) is 0 Å². The molecule has 17 nitrogen and oxygen atoms in total. The molecule has 0 aromatic carbocycles. The molecule has 5 atom stereocenters. The van der Waals surface area contributed by atoms with Gasteiger partial charge in [-0.25, -0.2) is 9.13 Å². The number of hydrogen-bond acceptors (Lipinski definition) is 15. The number of ether oxygens (including phenoxy) is 4. The number of unbranched alkanes of at least 4 members (excludes halogenated alkanes) is 54. The maximum Gasteiger partial charge on any atom is 0.472 e. The molecule has 0 radical (unpaired) electrons. The third kappa shape index (κ3) is 72.4. The molecule has 0 amide bonds. The summed E-state index contributed by atoms with van der Waals surface area (Å²) in [6.07, 6.45) is 65.0. The van der Waals surface area contributed by atoms with Gasteiger partial charge in [-0.1, -0.05) is 374 Å². The van der Waals surface area contributed by atoms with E-state index in [0.717, 1.165) is 89.9 Å². The molecule has 19 heteroatoms. The molecule has 0 aliphatic carbocycles. The van der Waals surface area contributed by atoms with Crippen LogP contribution in [-0.2, 0) is 65.4 Å². The number of esters is 4. The molecular weight excluding hydrogens is 1280 g/mol. The van der Waals surface area contributed by atoms with E-state index in [0.29, 0.717) is 25.7 Å². The minimum Gasteiger partial charge on any atom is -0.462 e. The largest absolute Gasteiger partial charge is 0.472 e. The van der Waals surface area contributed by atoms with E-state index in [1.165, 1.54) is 257 Å². The zero-order valence-corrected chi connectivity index (χ0v) is 65.6. The lowest BCUT2D eigenvalue weighted by Gasteiger charge is -2.21. The number of aliphatic hydroxyl groups is 1. The van der Waals surface area contributed by atoms with Crippen LogP contribution in [0.15, 0.2) is 0 Å². The second kappa shape index (κ2) is 73.4. The van der Waals surface area contributed by atoms with Crippen LogP contribution < -0.4 is 0 Å². The molecule has 0 saturated heterocycles. The molecule has 0 saturated carbocycles. The van der Waals surface area contributed by atoms with Gasteiger partial charge in [0.2, 0.25) is 0 Å². The Morgan fingerprint density at radius 2 is 0.408 bits per heavy atom. The topological polar surface area (TPSA) is 237 Å². The fraction of sp³-hybridized carbons (Fsp3) is 0.949. The van der Waals surface area contributed by atoms with Crippen molar-refractivity contribution in [2.45, 2.75) is 444 Å². The highest BCUT2D eigenvalue weighted by Gasteiger charge is 2.30. The predicted octanol–water partition coefficient (Wildman–Crippen LogP) is 23.8. The molecule has 2 unspecified atom stereocenters. The van der Waals surface area contributed by atoms with Gasteiger partial charge in [0, 0.05) is 25.7 Å². The Morgan fingerprint density at radius 1 is 0.245 bits per heavy atom. The number of carbonyl (C=O) groups is 4. The van der Waals surface area contributed by atoms with Crippen molar-refractivity contribution in [3.8, 4) is 0 Å². The number of phosphoric ester groups is 2. The predicted molar refractivity (Wildman–Crippen MR) is 400 cm³/mol. The fourth-order valence-electron chi connectivity index (χ4n) is 12.3. The molecule has 0 spiro atoms. The van der Waals surface area contributed by atoms with Gasteiger partial charge in [-0.2, -0.15) is 0 Å². The van der Waals surface area contributed by atoms with Crippen molar-refractivity contribution < 1.29 is 80.2 Å². The zero-order chi connectivity index (χ0) is 71.8. The normalized spacial score (nSPS) is 13.8. The monoisotopic (exact) mass is 1440 g/mol. The van der Waals surface area contributed by atoms with Crippen LogP contribution in [0.4, 0.5) is 0 Å². The molecule has 98 heavy (non-hydrogen) atoms. The second-order valence-corrected chi connectivity index (χ2v) is 31.4. The maximum atomic E-state index is 13.1. The first kappa shape index (κ1) is 96.1. The van der Waals surface area contributed by atoms with Crippen molar-refractivity contribution in [3.63, 3.8) is 0 Å². The first-order chi connectivity index (χ1) is 47.7. The molecule has 0 aromatic rings. The summed E-state index contributed by atoms with van der Waals surface area (Å²) in [6.45, 7) is 5.02. The summed E-state index contributed by atoms with van der Waals surface area (Å²) in [5, 5.41) is 10.6. The van der Waals surface area contributed by atoms with Gasteiger partial charge >= 0.3 is 39.5 Å². The van der Waals surface area contributed by atoms with E-state index in [4.69, 9.17) is 37.0 Å². The fourth-order valence-corrected chi connectivity index (χ4v) is 13.9. The Morgan fingerprint density at radius 3 is 0.602 bits per heavy atom. The van der Waals surface area contributed by atoms with Crippen LogP contribution in [0.1, 0.15) is 426 Å². The highest BCUT2D eigenvalue weighted by Crippen LogP contribution is 2.45. The van der Waals surface area contributed by atoms with E-state index in [9.17, 15) is 43.2 Å². The van der Waals surface area contributed by atoms with Crippen LogP contribution in [-0.4, -0.2) is 96.7 Å². The highest BCUT2D eigenvalue weighted by atomic mass is 31.2. The first-order valence-corrected chi connectivity index (χ1v) is 44.3. The van der Waals surface area contributed by atoms with Crippen molar-refractivity contribution >= 4 is 39.5 Å². The van der Waals surface area contributed by atoms with Crippen molar-refractivity contribution in [1.29, 1.82) is 0 Å². The Balaban J connectivity index is 5.23. The van der Waals surface area contributed by atoms with Gasteiger partial charge in [0.1, 0.15) is 19.3 Å². The molecule has 0 aromatic heterocycles. The van der Waals surface area contributed by atoms with Gasteiger partial charge in [-0.15, -0.1) is 0 Å². The summed E-state index contributed by atoms with van der Waals surface area (Å²) in [5.74, 6) is -2.10. The summed E-state index contributed by atoms with van der Waals surface area (Å²) in [5.41, 5.74) is 0. The smallest absolute Gasteiger partial charge is 0.462 e. The number of phosphoric acid groups is 2. The average Bonchev–Trinajstić information content (AvgIpc) is 1.08. The molecule has 3 N–H and O–H groups in total. The lowest BCUT2D eigenvalue weighted by Crippen LogP contribution is -2.30. The molecule has 0 aliphatic rings. The molecule has 582 valence electrons. The molecular formula is C79H154O17P2. The molecule has 0 bridgehead atoms. The lowest BCUT2D eigenvalue weighted by molar-refractivity contribution is -0.161. The number of rotatable bonds is 80. The van der Waals surface area contributed by atoms with Crippen LogP contribution in [0.3, 0.4) is 0 Å². The second-order valence-electron chi connectivity index (χ2n) is 28.5. The zero-order valence-electron chi connectivity index (χ0n) is 63.8. The molecule has 0 heterocycles. The van der Waals surface area contributed by atoms with Gasteiger partial charge in [-0.05, 0) is 25.7 Å². The Kier molecular flexibility index (Phi) is 71.9. The van der Waals surface area contributed by atoms with Crippen molar-refractivity contribution in [3.05, 3.63) is 0 Å². The van der Waals surface area contributed by atoms with Crippen molar-refractivity contribution in [1.82, 2.24) is 0 Å². The molecule has 0 aliphatic heterocycles. The minimum atomic E-state index is -4.96. The SMILES string of the molecule is CCCCCCCCCCCCCCCCCCCCCC(=O)O[C@H](COC(=O)CCCCCCCCCCCCCCCCC)COP(=O)(O)OC[C@@H](O)COP(=O)(O)OC[C@@H](COC(=O)CCCCCCCCCCCCCC)OC(=O)CCCCCCCCCCCCCC. The molecule has 0 rings (SSSR count). The van der Waals surface area contributed by atoms with E-state index in [1.54, 1.807) is 0 Å². The standard InChI is InChI=1S/C79H154O17P2/c1-5-9-13-17-21-25-29-33-35-36-37-38-40-42-46-50-54-58-62-66-79(84)96-75(70-90-77(82)64-60-56-52-48-45-41-39-34-30-26-22-18-14-10-6-2)72-94-98(87,88)92-68-73(80)67-91-97(85,86)93-71-74(95-78(83)65-61-57-53-49-44-32-28-24-20-16-12-8-4)69-89-76(81)63-59-55-51-47-43-31-27-23-19-15-11-7-3/h73-75,80H,5-72H2,1-4H3,(H,85,86)(H,87,88)/t73-,74+,75+/m0/s1. The number of hydrogen-bond donors (Lipinski definition) is 3. The number of aliphatic hydroxyl groups excluding tert-OH is 1. The van der Waals surface area contributed by atoms with Gasteiger partial charge in [0.25, 0.3) is 0 Å². The summed E-state index contributed by atoms with van der Waals surface area (Å²) >= 11 is 0. The van der Waals surface area contributed by atoms with Crippen LogP contribution >= 0.6 is 15.6 Å². The summed E-state index contributed by atoms with van der Waals surface area (Å²) < 4.78 is 68.7. The quantitative estimate of drug-likeness (QED) is 0.0222. The third-order valence-corrected chi connectivity index (χ3v) is 20.5. The third-order valence-electron chi connectivity index (χ3n) is 18.6. The summed E-state index contributed by atoms with van der Waals surface area (Å²) in [4.78, 5) is 72.9. The Bertz CT molecular complexity index is 1860. The molecule has 0 fully saturated rings. The van der Waals surface area contributed by atoms with Gasteiger partial charge < -0.3 is 33.8 Å². The van der Waals surface area contributed by atoms with Crippen molar-refractivity contribution in [2.24, 2.45) is 0 Å². The highest BCUT2D eigenvalue weighted by molar-refractivity contribution is 7.47. The van der Waals surface area contributed by atoms with Gasteiger partial charge in [-0.3, -0.25) is 37.3 Å². The minimum absolute atomic E-state index is 0.108. The van der Waals surface area contributed by atoms with Crippen LogP contribution in [0.5, 0.6) is 0 Å². The number of carbonyl (C=O) groups excluding carboxylic acids is 4. The van der Waals surface area contributed by atoms with Gasteiger partial charge in [0.05, 0.1) is 26.4 Å². The van der Waals surface area contributed by atoms with Crippen LogP contribution in [0.2, 0.25) is 0 Å². The maximum absolute atomic E-state index is 13.1. The lowest BCUT2D eigenvalue weighted by atomic mass is 10.0. The average molecular weight is 1440 g/mol. The van der Waals surface area contributed by atoms with Crippen LogP contribution in [0.25, 0.3) is 0 Å². The first-order valence-electron chi connectivity index (χ1n) is 41.3. The Labute approximate surface area is 600 Å². The van der Waals surface area contributed by atoms with Crippen molar-refractivity contribution in [2.75, 3.05) is 39.6 Å². The Hall–Kier alpha value is -1.94. The van der Waals surface area contributed by atoms with E-state index >= 15 is 0 Å². The van der Waals surface area contributed by atoms with E-state index in [1.807, 2.05) is 0 Å². The van der Waals surface area contributed by atoms with E-state index in [2.05, 4.69) is 27.7 Å².